The maximum absolute atomic E-state index is 6.03. The fraction of sp³-hybridized carbons (Fsp3) is 0.529. The second kappa shape index (κ2) is 6.60. The number of para-hydroxylation sites is 1. The molecule has 0 radical (unpaired) electrons. The van der Waals surface area contributed by atoms with Gasteiger partial charge in [0.1, 0.15) is 11.3 Å². The van der Waals surface area contributed by atoms with E-state index >= 15 is 0 Å². The Kier molecular flexibility index (Phi) is 4.58. The summed E-state index contributed by atoms with van der Waals surface area (Å²) in [6.45, 7) is 8.96. The van der Waals surface area contributed by atoms with Crippen molar-refractivity contribution in [1.82, 2.24) is 10.2 Å². The van der Waals surface area contributed by atoms with Gasteiger partial charge in [-0.05, 0) is 25.6 Å². The van der Waals surface area contributed by atoms with Crippen LogP contribution < -0.4 is 5.32 Å². The summed E-state index contributed by atoms with van der Waals surface area (Å²) >= 11 is 0. The number of likely N-dealkylation sites (N-methyl/N-ethyl adjacent to an activating group) is 1. The van der Waals surface area contributed by atoms with Crippen LogP contribution in [-0.4, -0.2) is 43.8 Å². The zero-order chi connectivity index (χ0) is 14.7. The molecule has 1 aromatic carbocycles. The molecule has 3 rings (SSSR count). The first-order chi connectivity index (χ1) is 10.3. The average Bonchev–Trinajstić information content (AvgIpc) is 2.91. The third-order valence-corrected chi connectivity index (χ3v) is 4.00. The van der Waals surface area contributed by atoms with Crippen molar-refractivity contribution >= 4 is 11.0 Å². The number of rotatable bonds is 5. The minimum absolute atomic E-state index is 0.229. The van der Waals surface area contributed by atoms with E-state index in [1.54, 1.807) is 0 Å². The van der Waals surface area contributed by atoms with Gasteiger partial charge in [-0.15, -0.1) is 0 Å². The molecule has 4 heteroatoms. The van der Waals surface area contributed by atoms with Crippen molar-refractivity contribution in [3.63, 3.8) is 0 Å². The number of nitrogens with one attached hydrogen (secondary N) is 1. The van der Waals surface area contributed by atoms with E-state index in [2.05, 4.69) is 36.2 Å². The highest BCUT2D eigenvalue weighted by Gasteiger charge is 2.23. The van der Waals surface area contributed by atoms with Gasteiger partial charge in [-0.3, -0.25) is 4.90 Å². The second-order valence-corrected chi connectivity index (χ2v) is 5.74. The first-order valence-electron chi connectivity index (χ1n) is 7.82. The van der Waals surface area contributed by atoms with E-state index in [1.807, 2.05) is 18.2 Å². The summed E-state index contributed by atoms with van der Waals surface area (Å²) < 4.78 is 11.6. The molecule has 1 aliphatic rings. The van der Waals surface area contributed by atoms with Crippen LogP contribution in [0.4, 0.5) is 0 Å². The lowest BCUT2D eigenvalue weighted by Crippen LogP contribution is -2.44. The molecular weight excluding hydrogens is 264 g/mol. The highest BCUT2D eigenvalue weighted by atomic mass is 16.5. The highest BCUT2D eigenvalue weighted by molar-refractivity contribution is 5.77. The summed E-state index contributed by atoms with van der Waals surface area (Å²) in [5, 5.41) is 4.72. The van der Waals surface area contributed by atoms with Crippen molar-refractivity contribution in [3.8, 4) is 0 Å². The molecule has 0 spiro atoms. The molecule has 114 valence electrons. The molecule has 2 aromatic rings. The van der Waals surface area contributed by atoms with E-state index in [-0.39, 0.29) is 6.04 Å². The molecule has 2 heterocycles. The van der Waals surface area contributed by atoms with Crippen LogP contribution in [0.5, 0.6) is 0 Å². The maximum Gasteiger partial charge on any atom is 0.134 e. The number of nitrogens with zero attached hydrogens (tertiary/aromatic N) is 1. The van der Waals surface area contributed by atoms with Crippen molar-refractivity contribution < 1.29 is 9.15 Å². The summed E-state index contributed by atoms with van der Waals surface area (Å²) in [7, 11) is 0. The Morgan fingerprint density at radius 3 is 3.00 bits per heavy atom. The van der Waals surface area contributed by atoms with Gasteiger partial charge < -0.3 is 14.5 Å². The zero-order valence-electron chi connectivity index (χ0n) is 12.8. The number of benzene rings is 1. The zero-order valence-corrected chi connectivity index (χ0v) is 12.8. The van der Waals surface area contributed by atoms with E-state index in [9.17, 15) is 0 Å². The topological polar surface area (TPSA) is 37.6 Å². The largest absolute Gasteiger partial charge is 0.459 e. The number of hydrogen-bond acceptors (Lipinski definition) is 4. The number of hydrogen-bond donors (Lipinski definition) is 1. The molecule has 0 saturated carbocycles. The van der Waals surface area contributed by atoms with E-state index in [0.717, 1.165) is 44.1 Å². The van der Waals surface area contributed by atoms with Crippen LogP contribution in [0.3, 0.4) is 0 Å². The Morgan fingerprint density at radius 1 is 1.38 bits per heavy atom. The minimum atomic E-state index is 0.229. The SMILES string of the molecule is CCNC(CN1CCOC(C)C1)c1cc2ccccc2o1. The first-order valence-corrected chi connectivity index (χ1v) is 7.82. The third kappa shape index (κ3) is 3.46. The molecule has 0 bridgehead atoms. The molecular formula is C17H24N2O2. The van der Waals surface area contributed by atoms with Gasteiger partial charge in [0.05, 0.1) is 18.8 Å². The summed E-state index contributed by atoms with van der Waals surface area (Å²) in [6.07, 6.45) is 0.316. The quantitative estimate of drug-likeness (QED) is 0.918. The maximum atomic E-state index is 6.03. The second-order valence-electron chi connectivity index (χ2n) is 5.74. The smallest absolute Gasteiger partial charge is 0.134 e. The van der Waals surface area contributed by atoms with E-state index in [0.29, 0.717) is 6.10 Å². The fourth-order valence-corrected chi connectivity index (χ4v) is 2.99. The van der Waals surface area contributed by atoms with Crippen LogP contribution in [0.25, 0.3) is 11.0 Å². The van der Waals surface area contributed by atoms with Crippen molar-refractivity contribution in [3.05, 3.63) is 36.1 Å². The molecule has 2 unspecified atom stereocenters. The lowest BCUT2D eigenvalue weighted by atomic mass is 10.1. The molecule has 0 aliphatic carbocycles. The number of ether oxygens (including phenoxy) is 1. The van der Waals surface area contributed by atoms with Crippen LogP contribution in [0.15, 0.2) is 34.7 Å². The van der Waals surface area contributed by atoms with Crippen LogP contribution >= 0.6 is 0 Å². The van der Waals surface area contributed by atoms with Gasteiger partial charge in [-0.2, -0.15) is 0 Å². The van der Waals surface area contributed by atoms with Gasteiger partial charge >= 0.3 is 0 Å². The molecule has 4 nitrogen and oxygen atoms in total. The molecule has 21 heavy (non-hydrogen) atoms. The van der Waals surface area contributed by atoms with Crippen LogP contribution in [0, 0.1) is 0 Å². The Morgan fingerprint density at radius 2 is 2.24 bits per heavy atom. The number of fused-ring (bicyclic) bond motifs is 1. The minimum Gasteiger partial charge on any atom is -0.459 e. The summed E-state index contributed by atoms with van der Waals surface area (Å²) in [4.78, 5) is 2.45. The standard InChI is InChI=1S/C17H24N2O2/c1-3-18-15(12-19-8-9-20-13(2)11-19)17-10-14-6-4-5-7-16(14)21-17/h4-7,10,13,15,18H,3,8-9,11-12H2,1-2H3. The molecule has 1 aromatic heterocycles. The Balaban J connectivity index is 1.76. The van der Waals surface area contributed by atoms with E-state index < -0.39 is 0 Å². The van der Waals surface area contributed by atoms with Gasteiger partial charge in [0.2, 0.25) is 0 Å². The van der Waals surface area contributed by atoms with E-state index in [1.165, 1.54) is 5.39 Å². The summed E-state index contributed by atoms with van der Waals surface area (Å²) in [6, 6.07) is 10.6. The third-order valence-electron chi connectivity index (χ3n) is 4.00. The van der Waals surface area contributed by atoms with Gasteiger partial charge in [0, 0.05) is 25.0 Å². The first kappa shape index (κ1) is 14.6. The van der Waals surface area contributed by atoms with Gasteiger partial charge in [0.25, 0.3) is 0 Å². The van der Waals surface area contributed by atoms with Gasteiger partial charge in [0.15, 0.2) is 0 Å². The number of morpholine rings is 1. The average molecular weight is 288 g/mol. The molecule has 1 N–H and O–H groups in total. The highest BCUT2D eigenvalue weighted by Crippen LogP contribution is 2.25. The van der Waals surface area contributed by atoms with Crippen LogP contribution in [0.2, 0.25) is 0 Å². The predicted molar refractivity (Wildman–Crippen MR) is 84.5 cm³/mol. The van der Waals surface area contributed by atoms with Crippen molar-refractivity contribution in [1.29, 1.82) is 0 Å². The molecule has 0 amide bonds. The predicted octanol–water partition coefficient (Wildman–Crippen LogP) is 2.80. The Hall–Kier alpha value is -1.36. The van der Waals surface area contributed by atoms with Crippen LogP contribution in [-0.2, 0) is 4.74 Å². The fourth-order valence-electron chi connectivity index (χ4n) is 2.99. The normalized spacial score (nSPS) is 21.7. The Labute approximate surface area is 126 Å². The molecule has 1 saturated heterocycles. The molecule has 2 atom stereocenters. The Bertz CT molecular complexity index is 548. The van der Waals surface area contributed by atoms with Gasteiger partial charge in [-0.25, -0.2) is 0 Å². The molecule has 1 fully saturated rings. The van der Waals surface area contributed by atoms with Crippen molar-refractivity contribution in [2.24, 2.45) is 0 Å². The number of furan rings is 1. The lowest BCUT2D eigenvalue weighted by Gasteiger charge is -2.33. The van der Waals surface area contributed by atoms with E-state index in [4.69, 9.17) is 9.15 Å². The summed E-state index contributed by atoms with van der Waals surface area (Å²) in [5.74, 6) is 1.03. The van der Waals surface area contributed by atoms with Crippen LogP contribution in [0.1, 0.15) is 25.6 Å². The van der Waals surface area contributed by atoms with Gasteiger partial charge in [-0.1, -0.05) is 25.1 Å². The van der Waals surface area contributed by atoms with Crippen molar-refractivity contribution in [2.45, 2.75) is 26.0 Å². The monoisotopic (exact) mass is 288 g/mol. The summed E-state index contributed by atoms with van der Waals surface area (Å²) in [5.41, 5.74) is 0.964. The van der Waals surface area contributed by atoms with Crippen molar-refractivity contribution in [2.75, 3.05) is 32.8 Å². The molecule has 1 aliphatic heterocycles. The lowest BCUT2D eigenvalue weighted by molar-refractivity contribution is -0.0216.